The molecular weight excluding hydrogens is 232 g/mol. The zero-order chi connectivity index (χ0) is 12.4. The average Bonchev–Trinajstić information content (AvgIpc) is 2.24. The van der Waals surface area contributed by atoms with E-state index in [1.54, 1.807) is 7.05 Å². The molecule has 0 aromatic carbocycles. The Morgan fingerprint density at radius 1 is 1.59 bits per heavy atom. The van der Waals surface area contributed by atoms with E-state index in [0.29, 0.717) is 23.3 Å². The van der Waals surface area contributed by atoms with E-state index in [2.05, 4.69) is 10.6 Å². The number of pyridine rings is 1. The standard InChI is InChI=1S/C10H13F2N3O2/c1-13-6-2-8(17-7-3-14-4-7)9(16)15(5-6)10(11)12/h2,5,7,10,13-14H,3-4H2,1H3. The Morgan fingerprint density at radius 3 is 2.76 bits per heavy atom. The first-order valence-electron chi connectivity index (χ1n) is 5.21. The van der Waals surface area contributed by atoms with Crippen molar-refractivity contribution in [1.29, 1.82) is 0 Å². The molecule has 0 amide bonds. The number of rotatable bonds is 4. The molecule has 1 fully saturated rings. The minimum Gasteiger partial charge on any atom is -0.482 e. The average molecular weight is 245 g/mol. The van der Waals surface area contributed by atoms with E-state index < -0.39 is 12.1 Å². The van der Waals surface area contributed by atoms with Crippen LogP contribution in [0.5, 0.6) is 5.75 Å². The molecule has 7 heteroatoms. The van der Waals surface area contributed by atoms with Crippen LogP contribution < -0.4 is 20.9 Å². The van der Waals surface area contributed by atoms with E-state index in [1.165, 1.54) is 6.07 Å². The van der Waals surface area contributed by atoms with Crippen molar-refractivity contribution in [2.24, 2.45) is 0 Å². The molecular formula is C10H13F2N3O2. The van der Waals surface area contributed by atoms with Crippen molar-refractivity contribution in [1.82, 2.24) is 9.88 Å². The lowest BCUT2D eigenvalue weighted by Gasteiger charge is -2.27. The highest BCUT2D eigenvalue weighted by molar-refractivity contribution is 5.45. The van der Waals surface area contributed by atoms with Crippen LogP contribution in [0.15, 0.2) is 17.1 Å². The highest BCUT2D eigenvalue weighted by Crippen LogP contribution is 2.18. The van der Waals surface area contributed by atoms with Gasteiger partial charge in [0.05, 0.1) is 5.69 Å². The van der Waals surface area contributed by atoms with Gasteiger partial charge in [-0.15, -0.1) is 0 Å². The van der Waals surface area contributed by atoms with Crippen molar-refractivity contribution >= 4 is 5.69 Å². The van der Waals surface area contributed by atoms with Crippen molar-refractivity contribution in [2.75, 3.05) is 25.5 Å². The fourth-order valence-electron chi connectivity index (χ4n) is 1.47. The minimum atomic E-state index is -2.88. The van der Waals surface area contributed by atoms with Crippen LogP contribution in [0.2, 0.25) is 0 Å². The van der Waals surface area contributed by atoms with Crippen LogP contribution in [0.3, 0.4) is 0 Å². The molecule has 2 rings (SSSR count). The summed E-state index contributed by atoms with van der Waals surface area (Å²) in [5.74, 6) is -0.0522. The lowest BCUT2D eigenvalue weighted by atomic mass is 10.2. The summed E-state index contributed by atoms with van der Waals surface area (Å²) in [7, 11) is 1.59. The summed E-state index contributed by atoms with van der Waals surface area (Å²) in [6.45, 7) is -1.63. The first-order valence-corrected chi connectivity index (χ1v) is 5.21. The number of ether oxygens (including phenoxy) is 1. The van der Waals surface area contributed by atoms with Crippen molar-refractivity contribution < 1.29 is 13.5 Å². The third kappa shape index (κ3) is 2.38. The zero-order valence-electron chi connectivity index (χ0n) is 9.24. The van der Waals surface area contributed by atoms with Crippen molar-refractivity contribution in [3.05, 3.63) is 22.6 Å². The SMILES string of the molecule is CNc1cc(OC2CNC2)c(=O)n(C(F)F)c1. The molecule has 17 heavy (non-hydrogen) atoms. The fraction of sp³-hybridized carbons (Fsp3) is 0.500. The van der Waals surface area contributed by atoms with E-state index in [1.807, 2.05) is 0 Å². The molecule has 1 aromatic heterocycles. The van der Waals surface area contributed by atoms with Gasteiger partial charge >= 0.3 is 6.55 Å². The molecule has 0 saturated carbocycles. The summed E-state index contributed by atoms with van der Waals surface area (Å²) in [6, 6.07) is 1.43. The molecule has 1 aromatic rings. The number of aromatic nitrogens is 1. The normalized spacial score (nSPS) is 15.8. The number of hydrogen-bond acceptors (Lipinski definition) is 4. The van der Waals surface area contributed by atoms with Crippen LogP contribution in [-0.4, -0.2) is 30.8 Å². The molecule has 0 atom stereocenters. The lowest BCUT2D eigenvalue weighted by molar-refractivity contribution is 0.0632. The Kier molecular flexibility index (Phi) is 3.28. The highest BCUT2D eigenvalue weighted by atomic mass is 19.3. The number of halogens is 2. The summed E-state index contributed by atoms with van der Waals surface area (Å²) in [4.78, 5) is 11.7. The third-order valence-corrected chi connectivity index (χ3v) is 2.55. The molecule has 0 bridgehead atoms. The predicted molar refractivity (Wildman–Crippen MR) is 58.8 cm³/mol. The predicted octanol–water partition coefficient (Wildman–Crippen LogP) is 0.636. The molecule has 0 radical (unpaired) electrons. The fourth-order valence-corrected chi connectivity index (χ4v) is 1.47. The van der Waals surface area contributed by atoms with Gasteiger partial charge in [-0.1, -0.05) is 0 Å². The van der Waals surface area contributed by atoms with Gasteiger partial charge in [-0.05, 0) is 0 Å². The minimum absolute atomic E-state index is 0.0522. The third-order valence-electron chi connectivity index (χ3n) is 2.55. The van der Waals surface area contributed by atoms with Crippen LogP contribution in [0.4, 0.5) is 14.5 Å². The summed E-state index contributed by atoms with van der Waals surface area (Å²) >= 11 is 0. The van der Waals surface area contributed by atoms with Crippen molar-refractivity contribution in [3.8, 4) is 5.75 Å². The molecule has 2 heterocycles. The maximum Gasteiger partial charge on any atom is 0.321 e. The molecule has 0 aliphatic carbocycles. The van der Waals surface area contributed by atoms with Crippen molar-refractivity contribution in [2.45, 2.75) is 12.7 Å². The van der Waals surface area contributed by atoms with Crippen LogP contribution in [-0.2, 0) is 0 Å². The van der Waals surface area contributed by atoms with Crippen LogP contribution in [0, 0.1) is 0 Å². The second-order valence-corrected chi connectivity index (χ2v) is 3.73. The maximum absolute atomic E-state index is 12.6. The Labute approximate surface area is 96.4 Å². The topological polar surface area (TPSA) is 55.3 Å². The number of alkyl halides is 2. The lowest BCUT2D eigenvalue weighted by Crippen LogP contribution is -2.51. The Morgan fingerprint density at radius 2 is 2.29 bits per heavy atom. The number of hydrogen-bond donors (Lipinski definition) is 2. The van der Waals surface area contributed by atoms with E-state index in [4.69, 9.17) is 4.74 Å². The maximum atomic E-state index is 12.6. The second-order valence-electron chi connectivity index (χ2n) is 3.73. The van der Waals surface area contributed by atoms with Gasteiger partial charge < -0.3 is 15.4 Å². The molecule has 1 saturated heterocycles. The number of nitrogens with zero attached hydrogens (tertiary/aromatic N) is 1. The van der Waals surface area contributed by atoms with Gasteiger partial charge in [0.2, 0.25) is 0 Å². The molecule has 2 N–H and O–H groups in total. The molecule has 94 valence electrons. The first kappa shape index (κ1) is 11.8. The highest BCUT2D eigenvalue weighted by Gasteiger charge is 2.21. The summed E-state index contributed by atoms with van der Waals surface area (Å²) in [5, 5.41) is 5.68. The summed E-state index contributed by atoms with van der Waals surface area (Å²) in [6.07, 6.45) is 0.944. The first-order chi connectivity index (χ1) is 8.11. The van der Waals surface area contributed by atoms with Gasteiger partial charge in [0.15, 0.2) is 5.75 Å². The van der Waals surface area contributed by atoms with Crippen LogP contribution in [0.1, 0.15) is 6.55 Å². The monoisotopic (exact) mass is 245 g/mol. The van der Waals surface area contributed by atoms with E-state index in [0.717, 1.165) is 6.20 Å². The molecule has 1 aliphatic rings. The smallest absolute Gasteiger partial charge is 0.321 e. The van der Waals surface area contributed by atoms with Crippen LogP contribution in [0.25, 0.3) is 0 Å². The Hall–Kier alpha value is -1.63. The molecule has 0 unspecified atom stereocenters. The van der Waals surface area contributed by atoms with E-state index in [-0.39, 0.29) is 11.9 Å². The van der Waals surface area contributed by atoms with Crippen LogP contribution >= 0.6 is 0 Å². The number of nitrogens with one attached hydrogen (secondary N) is 2. The molecule has 5 nitrogen and oxygen atoms in total. The van der Waals surface area contributed by atoms with Gasteiger partial charge in [-0.2, -0.15) is 8.78 Å². The van der Waals surface area contributed by atoms with Gasteiger partial charge in [-0.25, -0.2) is 0 Å². The zero-order valence-corrected chi connectivity index (χ0v) is 9.24. The largest absolute Gasteiger partial charge is 0.482 e. The molecule has 0 spiro atoms. The summed E-state index contributed by atoms with van der Waals surface area (Å²) in [5.41, 5.74) is -0.405. The quantitative estimate of drug-likeness (QED) is 0.817. The Balaban J connectivity index is 2.34. The number of anilines is 1. The summed E-state index contributed by atoms with van der Waals surface area (Å²) < 4.78 is 30.9. The van der Waals surface area contributed by atoms with Gasteiger partial charge in [-0.3, -0.25) is 9.36 Å². The van der Waals surface area contributed by atoms with Gasteiger partial charge in [0.25, 0.3) is 5.56 Å². The van der Waals surface area contributed by atoms with E-state index >= 15 is 0 Å². The van der Waals surface area contributed by atoms with Gasteiger partial charge in [0, 0.05) is 32.4 Å². The van der Waals surface area contributed by atoms with Crippen molar-refractivity contribution in [3.63, 3.8) is 0 Å². The second kappa shape index (κ2) is 4.70. The van der Waals surface area contributed by atoms with E-state index in [9.17, 15) is 13.6 Å². The Bertz CT molecular complexity index is 457. The molecule has 1 aliphatic heterocycles. The van der Waals surface area contributed by atoms with Gasteiger partial charge in [0.1, 0.15) is 6.10 Å².